The van der Waals surface area contributed by atoms with Gasteiger partial charge in [0.25, 0.3) is 11.1 Å². The van der Waals surface area contributed by atoms with E-state index in [1.807, 2.05) is 13.8 Å². The van der Waals surface area contributed by atoms with Crippen LogP contribution in [0.2, 0.25) is 5.02 Å². The molecule has 2 rings (SSSR count). The molecule has 0 radical (unpaired) electrons. The van der Waals surface area contributed by atoms with Gasteiger partial charge in [0, 0.05) is 0 Å². The van der Waals surface area contributed by atoms with Crippen molar-refractivity contribution in [3.63, 3.8) is 0 Å². The van der Waals surface area contributed by atoms with Crippen LogP contribution >= 0.6 is 23.4 Å². The largest absolute Gasteiger partial charge is 0.490 e. The average molecular weight is 442 g/mol. The van der Waals surface area contributed by atoms with Gasteiger partial charge in [0.1, 0.15) is 12.1 Å². The van der Waals surface area contributed by atoms with E-state index < -0.39 is 29.3 Å². The van der Waals surface area contributed by atoms with E-state index in [-0.39, 0.29) is 4.91 Å². The molecule has 0 aliphatic carbocycles. The normalized spacial score (nSPS) is 15.8. The number of nitrogens with zero attached hydrogens (tertiary/aromatic N) is 1. The minimum absolute atomic E-state index is 0.182. The Kier molecular flexibility index (Phi) is 7.60. The molecule has 0 atom stereocenters. The summed E-state index contributed by atoms with van der Waals surface area (Å²) >= 11 is 7.05. The molecule has 0 saturated carbocycles. The Hall–Kier alpha value is -2.19. The fourth-order valence-electron chi connectivity index (χ4n) is 2.51. The highest BCUT2D eigenvalue weighted by atomic mass is 35.5. The molecule has 0 bridgehead atoms. The minimum Gasteiger partial charge on any atom is -0.490 e. The number of halogens is 1. The third kappa shape index (κ3) is 6.14. The Morgan fingerprint density at radius 2 is 1.83 bits per heavy atom. The Balaban J connectivity index is 2.25. The number of imide groups is 1. The molecule has 1 aliphatic rings. The van der Waals surface area contributed by atoms with Gasteiger partial charge in [0.2, 0.25) is 0 Å². The number of hydrogen-bond acceptors (Lipinski definition) is 7. The van der Waals surface area contributed by atoms with Crippen molar-refractivity contribution < 1.29 is 28.6 Å². The van der Waals surface area contributed by atoms with Crippen molar-refractivity contribution in [1.29, 1.82) is 0 Å². The van der Waals surface area contributed by atoms with Crippen LogP contribution in [0.5, 0.6) is 11.5 Å². The number of rotatable bonds is 7. The summed E-state index contributed by atoms with van der Waals surface area (Å²) in [6, 6.07) is 3.30. The number of thioether (sulfide) groups is 1. The van der Waals surface area contributed by atoms with Crippen LogP contribution < -0.4 is 9.47 Å². The van der Waals surface area contributed by atoms with Crippen molar-refractivity contribution in [1.82, 2.24) is 4.90 Å². The Bertz CT molecular complexity index is 846. The van der Waals surface area contributed by atoms with E-state index in [1.165, 1.54) is 6.08 Å². The summed E-state index contributed by atoms with van der Waals surface area (Å²) in [5.41, 5.74) is -0.131. The highest BCUT2D eigenvalue weighted by molar-refractivity contribution is 8.18. The van der Waals surface area contributed by atoms with Gasteiger partial charge < -0.3 is 14.2 Å². The van der Waals surface area contributed by atoms with Gasteiger partial charge in [-0.1, -0.05) is 11.6 Å². The Labute approximate surface area is 179 Å². The molecule has 158 valence electrons. The van der Waals surface area contributed by atoms with E-state index in [0.29, 0.717) is 35.3 Å². The van der Waals surface area contributed by atoms with Crippen LogP contribution in [0.15, 0.2) is 17.0 Å². The van der Waals surface area contributed by atoms with Gasteiger partial charge in [-0.15, -0.1) is 0 Å². The lowest BCUT2D eigenvalue weighted by Crippen LogP contribution is -2.37. The van der Waals surface area contributed by atoms with E-state index in [9.17, 15) is 14.4 Å². The highest BCUT2D eigenvalue weighted by Gasteiger charge is 2.37. The van der Waals surface area contributed by atoms with Gasteiger partial charge in [-0.2, -0.15) is 0 Å². The number of carbonyl (C=O) groups is 3. The van der Waals surface area contributed by atoms with Crippen LogP contribution in [-0.4, -0.2) is 47.4 Å². The average Bonchev–Trinajstić information content (AvgIpc) is 2.84. The summed E-state index contributed by atoms with van der Waals surface area (Å²) in [5.74, 6) is -0.343. The van der Waals surface area contributed by atoms with Crippen molar-refractivity contribution in [2.24, 2.45) is 0 Å². The topological polar surface area (TPSA) is 82.1 Å². The molecule has 29 heavy (non-hydrogen) atoms. The van der Waals surface area contributed by atoms with Crippen molar-refractivity contribution >= 4 is 46.6 Å². The molecule has 1 fully saturated rings. The molecule has 1 aliphatic heterocycles. The first-order valence-corrected chi connectivity index (χ1v) is 10.3. The van der Waals surface area contributed by atoms with Crippen LogP contribution in [0.3, 0.4) is 0 Å². The molecule has 0 unspecified atom stereocenters. The van der Waals surface area contributed by atoms with Crippen LogP contribution in [0, 0.1) is 0 Å². The number of esters is 1. The predicted octanol–water partition coefficient (Wildman–Crippen LogP) is 4.52. The molecule has 1 aromatic rings. The lowest BCUT2D eigenvalue weighted by molar-refractivity contribution is -0.156. The van der Waals surface area contributed by atoms with Crippen LogP contribution in [0.4, 0.5) is 4.79 Å². The quantitative estimate of drug-likeness (QED) is 0.454. The summed E-state index contributed by atoms with van der Waals surface area (Å²) in [5, 5.41) is -0.203. The molecular formula is C20H24ClNO6S. The maximum atomic E-state index is 12.6. The van der Waals surface area contributed by atoms with E-state index >= 15 is 0 Å². The molecule has 7 nitrogen and oxygen atoms in total. The lowest BCUT2D eigenvalue weighted by Gasteiger charge is -2.21. The van der Waals surface area contributed by atoms with Crippen molar-refractivity contribution in [3.8, 4) is 11.5 Å². The van der Waals surface area contributed by atoms with Gasteiger partial charge in [-0.3, -0.25) is 19.3 Å². The molecule has 0 spiro atoms. The third-order valence-corrected chi connectivity index (χ3v) is 4.69. The fourth-order valence-corrected chi connectivity index (χ4v) is 3.62. The van der Waals surface area contributed by atoms with Crippen molar-refractivity contribution in [3.05, 3.63) is 27.6 Å². The van der Waals surface area contributed by atoms with Crippen LogP contribution in [0.1, 0.15) is 40.2 Å². The zero-order valence-corrected chi connectivity index (χ0v) is 18.6. The number of amides is 2. The SMILES string of the molecule is CCOc1cc(/C=C2/SC(=O)N(CC(=O)OC(C)(C)C)C2=O)cc(Cl)c1OCC. The van der Waals surface area contributed by atoms with Gasteiger partial charge in [-0.25, -0.2) is 0 Å². The van der Waals surface area contributed by atoms with E-state index in [1.54, 1.807) is 32.9 Å². The molecule has 1 aromatic carbocycles. The minimum atomic E-state index is -0.705. The first-order valence-electron chi connectivity index (χ1n) is 9.12. The van der Waals surface area contributed by atoms with E-state index in [4.69, 9.17) is 25.8 Å². The smallest absolute Gasteiger partial charge is 0.326 e. The first-order chi connectivity index (χ1) is 13.6. The van der Waals surface area contributed by atoms with Crippen molar-refractivity contribution in [2.45, 2.75) is 40.2 Å². The predicted molar refractivity (Wildman–Crippen MR) is 112 cm³/mol. The van der Waals surface area contributed by atoms with Gasteiger partial charge in [0.05, 0.1) is 23.1 Å². The fraction of sp³-hybridized carbons (Fsp3) is 0.450. The standard InChI is InChI=1S/C20H24ClNO6S/c1-6-26-14-9-12(8-13(21)17(14)27-7-2)10-15-18(24)22(19(25)29-15)11-16(23)28-20(3,4)5/h8-10H,6-7,11H2,1-5H3/b15-10+. The number of hydrogen-bond donors (Lipinski definition) is 0. The zero-order chi connectivity index (χ0) is 21.8. The number of ether oxygens (including phenoxy) is 3. The molecule has 9 heteroatoms. The Morgan fingerprint density at radius 3 is 2.41 bits per heavy atom. The van der Waals surface area contributed by atoms with Gasteiger partial charge >= 0.3 is 5.97 Å². The second-order valence-corrected chi connectivity index (χ2v) is 8.45. The summed E-state index contributed by atoms with van der Waals surface area (Å²) in [7, 11) is 0. The summed E-state index contributed by atoms with van der Waals surface area (Å²) in [4.78, 5) is 37.8. The Morgan fingerprint density at radius 1 is 1.17 bits per heavy atom. The van der Waals surface area contributed by atoms with Crippen LogP contribution in [-0.2, 0) is 14.3 Å². The third-order valence-electron chi connectivity index (χ3n) is 3.50. The molecule has 0 N–H and O–H groups in total. The zero-order valence-electron chi connectivity index (χ0n) is 17.0. The van der Waals surface area contributed by atoms with Gasteiger partial charge in [0.15, 0.2) is 11.5 Å². The molecular weight excluding hydrogens is 418 g/mol. The maximum absolute atomic E-state index is 12.6. The number of benzene rings is 1. The summed E-state index contributed by atoms with van der Waals surface area (Å²) < 4.78 is 16.3. The van der Waals surface area contributed by atoms with Crippen molar-refractivity contribution in [2.75, 3.05) is 19.8 Å². The first kappa shape index (κ1) is 23.1. The second kappa shape index (κ2) is 9.54. The summed E-state index contributed by atoms with van der Waals surface area (Å²) in [6.45, 7) is 9.19. The van der Waals surface area contributed by atoms with E-state index in [2.05, 4.69) is 0 Å². The maximum Gasteiger partial charge on any atom is 0.326 e. The molecule has 2 amide bonds. The molecule has 1 heterocycles. The summed E-state index contributed by atoms with van der Waals surface area (Å²) in [6.07, 6.45) is 1.53. The number of carbonyl (C=O) groups excluding carboxylic acids is 3. The van der Waals surface area contributed by atoms with E-state index in [0.717, 1.165) is 16.7 Å². The molecule has 0 aromatic heterocycles. The van der Waals surface area contributed by atoms with Crippen LogP contribution in [0.25, 0.3) is 6.08 Å². The second-order valence-electron chi connectivity index (χ2n) is 7.05. The highest BCUT2D eigenvalue weighted by Crippen LogP contribution is 2.39. The molecule has 1 saturated heterocycles. The monoisotopic (exact) mass is 441 g/mol. The van der Waals surface area contributed by atoms with Gasteiger partial charge in [-0.05, 0) is 70.2 Å². The lowest BCUT2D eigenvalue weighted by atomic mass is 10.1.